The second-order valence-electron chi connectivity index (χ2n) is 27.1. The summed E-state index contributed by atoms with van der Waals surface area (Å²) in [7, 11) is 1.62. The minimum atomic E-state index is -0.624. The monoisotopic (exact) mass is 1030 g/mol. The fraction of sp³-hybridized carbons (Fsp3) is 0.810. The van der Waals surface area contributed by atoms with E-state index in [0.29, 0.717) is 36.3 Å². The van der Waals surface area contributed by atoms with E-state index in [1.165, 1.54) is 50.5 Å². The predicted molar refractivity (Wildman–Crippen MR) is 299 cm³/mol. The maximum absolute atomic E-state index is 14.0. The molecule has 0 bridgehead atoms. The topological polar surface area (TPSA) is 132 Å². The summed E-state index contributed by atoms with van der Waals surface area (Å²) < 4.78 is 22.5. The Kier molecular flexibility index (Phi) is 21.5. The molecule has 74 heavy (non-hydrogen) atoms. The molecule has 420 valence electrons. The highest BCUT2D eigenvalue weighted by Gasteiger charge is 2.64. The van der Waals surface area contributed by atoms with Crippen molar-refractivity contribution >= 4 is 24.1 Å². The first kappa shape index (κ1) is 61.1. The van der Waals surface area contributed by atoms with E-state index in [1.807, 2.05) is 77.6 Å². The number of hydrogen-bond acceptors (Lipinski definition) is 8. The van der Waals surface area contributed by atoms with E-state index in [-0.39, 0.29) is 42.8 Å². The number of unbranched alkanes of at least 4 members (excludes halogenated alkanes) is 4. The molecule has 1 unspecified atom stereocenters. The zero-order valence-electron chi connectivity index (χ0n) is 49.4. The molecule has 0 aromatic heterocycles. The highest BCUT2D eigenvalue weighted by Crippen LogP contribution is 2.72. The minimum Gasteiger partial charge on any atom is -0.497 e. The van der Waals surface area contributed by atoms with E-state index < -0.39 is 28.9 Å². The molecule has 5 rings (SSSR count). The van der Waals surface area contributed by atoms with E-state index in [0.717, 1.165) is 105 Å². The van der Waals surface area contributed by atoms with Gasteiger partial charge in [0.15, 0.2) is 0 Å². The van der Waals surface area contributed by atoms with Gasteiger partial charge < -0.3 is 34.5 Å². The summed E-state index contributed by atoms with van der Waals surface area (Å²) in [6.07, 6.45) is 20.9. The third-order valence-electron chi connectivity index (χ3n) is 19.1. The number of carbonyl (C=O) groups excluding carboxylic acids is 4. The van der Waals surface area contributed by atoms with E-state index >= 15 is 0 Å². The molecule has 3 saturated carbocycles. The molecule has 0 aliphatic heterocycles. The standard InChI is InChI=1S/C63H105N3O8/c1-16-47(44(2)3)25-22-45(4)51-28-29-52-62(51,13)38-34-53-61(12)37-33-50(42-48(61)32-36-63(52,53)14)73-55(68)31-30-54(67)66(41-39-60(10,11)65-57(70)74-58(5,6)7)40-21-19-17-18-20-35-59(8,9)64-56(69)72-43-46-23-26-49(71-15)27-24-46/h23-24,26-27,32,44-45,47,50-53H,16-22,25,28-31,33-43H2,1-15H3,(H,64,69)(H,65,70)/t45-,47-,50+,51?,52-,53-,61+,62-,63+/m1/s1. The number of benzene rings is 1. The molecule has 0 radical (unpaired) electrons. The van der Waals surface area contributed by atoms with E-state index in [2.05, 4.69) is 65.2 Å². The number of fused-ring (bicyclic) bond motifs is 5. The fourth-order valence-electron chi connectivity index (χ4n) is 14.7. The van der Waals surface area contributed by atoms with Crippen molar-refractivity contribution < 1.29 is 38.1 Å². The average molecular weight is 1030 g/mol. The number of nitrogens with zero attached hydrogens (tertiary/aromatic N) is 1. The van der Waals surface area contributed by atoms with Crippen LogP contribution in [-0.4, -0.2) is 71.9 Å². The number of carbonyl (C=O) groups is 4. The lowest BCUT2D eigenvalue weighted by molar-refractivity contribution is -0.154. The number of amides is 3. The number of allylic oxidation sites excluding steroid dienone is 1. The molecule has 0 spiro atoms. The molecule has 3 amide bonds. The van der Waals surface area contributed by atoms with E-state index in [1.54, 1.807) is 7.11 Å². The van der Waals surface area contributed by atoms with Gasteiger partial charge in [0.25, 0.3) is 0 Å². The van der Waals surface area contributed by atoms with Crippen LogP contribution >= 0.6 is 0 Å². The van der Waals surface area contributed by atoms with Crippen LogP contribution in [0.4, 0.5) is 9.59 Å². The van der Waals surface area contributed by atoms with Crippen molar-refractivity contribution in [3.05, 3.63) is 41.5 Å². The lowest BCUT2D eigenvalue weighted by Gasteiger charge is -2.63. The van der Waals surface area contributed by atoms with Crippen LogP contribution in [0, 0.1) is 51.8 Å². The third-order valence-corrected chi connectivity index (χ3v) is 19.1. The molecule has 1 aromatic rings. The van der Waals surface area contributed by atoms with E-state index in [4.69, 9.17) is 18.9 Å². The first-order valence-electron chi connectivity index (χ1n) is 29.4. The van der Waals surface area contributed by atoms with Crippen LogP contribution in [0.1, 0.15) is 231 Å². The van der Waals surface area contributed by atoms with Crippen LogP contribution in [0.25, 0.3) is 0 Å². The molecule has 9 atom stereocenters. The number of nitrogens with one attached hydrogen (secondary N) is 2. The zero-order chi connectivity index (χ0) is 54.7. The third kappa shape index (κ3) is 16.6. The number of rotatable bonds is 26. The molecule has 11 heteroatoms. The lowest BCUT2D eigenvalue weighted by Crippen LogP contribution is -2.56. The van der Waals surface area contributed by atoms with Gasteiger partial charge in [-0.15, -0.1) is 0 Å². The Hall–Kier alpha value is -3.76. The Bertz CT molecular complexity index is 2020. The first-order chi connectivity index (χ1) is 34.6. The quantitative estimate of drug-likeness (QED) is 0.0406. The number of methoxy groups -OCH3 is 1. The van der Waals surface area contributed by atoms with Crippen LogP contribution in [0.5, 0.6) is 5.75 Å². The van der Waals surface area contributed by atoms with E-state index in [9.17, 15) is 19.2 Å². The summed E-state index contributed by atoms with van der Waals surface area (Å²) in [6.45, 7) is 32.2. The Morgan fingerprint density at radius 3 is 2.07 bits per heavy atom. The number of esters is 1. The van der Waals surface area contributed by atoms with Crippen molar-refractivity contribution in [2.24, 2.45) is 51.8 Å². The summed E-state index contributed by atoms with van der Waals surface area (Å²) >= 11 is 0. The lowest BCUT2D eigenvalue weighted by atomic mass is 9.41. The van der Waals surface area contributed by atoms with Gasteiger partial charge in [-0.3, -0.25) is 9.59 Å². The molecule has 4 aliphatic carbocycles. The molecule has 4 aliphatic rings. The van der Waals surface area contributed by atoms with Crippen molar-refractivity contribution in [2.75, 3.05) is 20.2 Å². The van der Waals surface area contributed by atoms with Crippen molar-refractivity contribution in [1.82, 2.24) is 15.5 Å². The summed E-state index contributed by atoms with van der Waals surface area (Å²) in [6, 6.07) is 7.45. The second kappa shape index (κ2) is 26.1. The maximum Gasteiger partial charge on any atom is 0.408 e. The summed E-state index contributed by atoms with van der Waals surface area (Å²) in [5.74, 6) is 5.00. The number of alkyl carbamates (subject to hydrolysis) is 2. The molecule has 0 saturated heterocycles. The molecule has 1 aromatic carbocycles. The van der Waals surface area contributed by atoms with Crippen LogP contribution in [0.15, 0.2) is 35.9 Å². The van der Waals surface area contributed by atoms with Gasteiger partial charge >= 0.3 is 18.2 Å². The van der Waals surface area contributed by atoms with Crippen molar-refractivity contribution in [3.63, 3.8) is 0 Å². The molecule has 3 fully saturated rings. The van der Waals surface area contributed by atoms with Crippen molar-refractivity contribution in [1.29, 1.82) is 0 Å². The van der Waals surface area contributed by atoms with Gasteiger partial charge in [0, 0.05) is 37.0 Å². The molecular weight excluding hydrogens is 927 g/mol. The first-order valence-corrected chi connectivity index (χ1v) is 29.4. The van der Waals surface area contributed by atoms with Crippen LogP contribution in [-0.2, 0) is 30.4 Å². The summed E-state index contributed by atoms with van der Waals surface area (Å²) in [4.78, 5) is 54.7. The Morgan fingerprint density at radius 1 is 0.743 bits per heavy atom. The predicted octanol–water partition coefficient (Wildman–Crippen LogP) is 15.3. The highest BCUT2D eigenvalue weighted by molar-refractivity contribution is 5.81. The summed E-state index contributed by atoms with van der Waals surface area (Å²) in [5.41, 5.74) is 1.57. The van der Waals surface area contributed by atoms with Gasteiger partial charge in [0.05, 0.1) is 13.5 Å². The van der Waals surface area contributed by atoms with Gasteiger partial charge in [-0.05, 0) is 189 Å². The fourth-order valence-corrected chi connectivity index (χ4v) is 14.7. The SMILES string of the molecule is CC[C@H](CC[C@@H](C)C1CC[C@H]2[C@]3(C)CC=C4C[C@@H](OC(=O)CCC(=O)N(CCCCCCCC(C)(C)NC(=O)OCc5ccc(OC)cc5)CCC(C)(C)NC(=O)OC(C)(C)C)CC[C@]4(C)[C@H]3CC[C@]12C)C(C)C. The van der Waals surface area contributed by atoms with Gasteiger partial charge in [0.2, 0.25) is 5.91 Å². The average Bonchev–Trinajstić information content (AvgIpc) is 3.68. The molecule has 2 N–H and O–H groups in total. The van der Waals surface area contributed by atoms with Crippen molar-refractivity contribution in [3.8, 4) is 5.75 Å². The number of hydrogen-bond donors (Lipinski definition) is 2. The van der Waals surface area contributed by atoms with Gasteiger partial charge in [-0.1, -0.05) is 111 Å². The Morgan fingerprint density at radius 2 is 1.41 bits per heavy atom. The highest BCUT2D eigenvalue weighted by atomic mass is 16.6. The van der Waals surface area contributed by atoms with Crippen LogP contribution < -0.4 is 15.4 Å². The smallest absolute Gasteiger partial charge is 0.408 e. The van der Waals surface area contributed by atoms with Crippen molar-refractivity contribution in [2.45, 2.75) is 255 Å². The zero-order valence-corrected chi connectivity index (χ0v) is 49.4. The Labute approximate surface area is 449 Å². The summed E-state index contributed by atoms with van der Waals surface area (Å²) in [5, 5.41) is 6.00. The normalized spacial score (nSPS) is 26.6. The van der Waals surface area contributed by atoms with Crippen LogP contribution in [0.2, 0.25) is 0 Å². The largest absolute Gasteiger partial charge is 0.497 e. The Balaban J connectivity index is 1.10. The molecule has 0 heterocycles. The van der Waals surface area contributed by atoms with Crippen LogP contribution in [0.3, 0.4) is 0 Å². The van der Waals surface area contributed by atoms with Gasteiger partial charge in [-0.2, -0.15) is 0 Å². The number of ether oxygens (including phenoxy) is 4. The second-order valence-corrected chi connectivity index (χ2v) is 27.1. The maximum atomic E-state index is 14.0. The van der Waals surface area contributed by atoms with Gasteiger partial charge in [-0.25, -0.2) is 9.59 Å². The minimum absolute atomic E-state index is 0.0532. The van der Waals surface area contributed by atoms with Gasteiger partial charge in [0.1, 0.15) is 24.1 Å². The molecule has 11 nitrogen and oxygen atoms in total. The molecular formula is C63H105N3O8.